The Morgan fingerprint density at radius 3 is 2.00 bits per heavy atom. The molecule has 1 aliphatic carbocycles. The van der Waals surface area contributed by atoms with E-state index in [1.165, 1.54) is 18.2 Å². The number of carbonyl (C=O) groups is 2. The highest BCUT2D eigenvalue weighted by Gasteiger charge is 2.29. The van der Waals surface area contributed by atoms with Crippen molar-refractivity contribution in [3.8, 4) is 16.9 Å². The van der Waals surface area contributed by atoms with Crippen LogP contribution in [0.5, 0.6) is 5.75 Å². The maximum atomic E-state index is 12.9. The molecule has 0 atom stereocenters. The molecule has 0 saturated heterocycles. The molecule has 8 heteroatoms. The molecule has 0 N–H and O–H groups in total. The summed E-state index contributed by atoms with van der Waals surface area (Å²) in [5.41, 5.74) is 5.01. The Labute approximate surface area is 221 Å². The van der Waals surface area contributed by atoms with Gasteiger partial charge in [-0.25, -0.2) is 4.79 Å². The minimum absolute atomic E-state index is 0.0496. The summed E-state index contributed by atoms with van der Waals surface area (Å²) < 4.78 is 27.1. The van der Waals surface area contributed by atoms with Crippen molar-refractivity contribution in [3.63, 3.8) is 0 Å². The molecule has 0 radical (unpaired) electrons. The molecule has 0 unspecified atom stereocenters. The van der Waals surface area contributed by atoms with Gasteiger partial charge in [0.25, 0.3) is 5.24 Å². The zero-order valence-electron chi connectivity index (χ0n) is 20.6. The second-order valence-electron chi connectivity index (χ2n) is 8.38. The average molecular weight is 525 g/mol. The first-order chi connectivity index (χ1) is 18.1. The van der Waals surface area contributed by atoms with Crippen LogP contribution < -0.4 is 4.74 Å². The molecule has 0 amide bonds. The minimum Gasteiger partial charge on any atom is -0.490 e. The van der Waals surface area contributed by atoms with Crippen molar-refractivity contribution in [2.24, 2.45) is 0 Å². The first kappa shape index (κ1) is 26.8. The fourth-order valence-electron chi connectivity index (χ4n) is 4.29. The Kier molecular flexibility index (Phi) is 9.68. The molecule has 194 valence electrons. The molecule has 7 nitrogen and oxygen atoms in total. The molecule has 0 saturated carbocycles. The van der Waals surface area contributed by atoms with Crippen molar-refractivity contribution in [1.29, 1.82) is 0 Å². The van der Waals surface area contributed by atoms with E-state index < -0.39 is 11.2 Å². The lowest BCUT2D eigenvalue weighted by Gasteiger charge is -2.15. The average Bonchev–Trinajstić information content (AvgIpc) is 3.24. The number of halogens is 1. The number of hydrogen-bond acceptors (Lipinski definition) is 7. The zero-order valence-corrected chi connectivity index (χ0v) is 21.4. The van der Waals surface area contributed by atoms with Crippen molar-refractivity contribution < 1.29 is 33.3 Å². The van der Waals surface area contributed by atoms with Crippen LogP contribution in [-0.2, 0) is 18.9 Å². The standard InChI is InChI=1S/C29H29ClO7/c1-33-12-13-34-14-15-35-16-17-36-27-18-20(10-11-25(27)28(30)31)29(32)37-19-26-23-8-4-2-6-21(23)22-7-3-5-9-24(22)26/h2-11,18,26H,12-17,19H2,1H3. The van der Waals surface area contributed by atoms with Crippen molar-refractivity contribution >= 4 is 22.8 Å². The zero-order chi connectivity index (χ0) is 26.0. The molecule has 0 heterocycles. The van der Waals surface area contributed by atoms with E-state index in [4.69, 9.17) is 35.3 Å². The Morgan fingerprint density at radius 2 is 1.38 bits per heavy atom. The van der Waals surface area contributed by atoms with E-state index in [2.05, 4.69) is 24.3 Å². The van der Waals surface area contributed by atoms with Gasteiger partial charge in [0, 0.05) is 13.0 Å². The Hall–Kier alpha value is -3.23. The molecule has 0 aromatic heterocycles. The first-order valence-corrected chi connectivity index (χ1v) is 12.4. The number of esters is 1. The lowest BCUT2D eigenvalue weighted by atomic mass is 9.98. The molecular formula is C29H29ClO7. The highest BCUT2D eigenvalue weighted by atomic mass is 35.5. The fourth-order valence-corrected chi connectivity index (χ4v) is 4.44. The molecule has 4 rings (SSSR count). The monoisotopic (exact) mass is 524 g/mol. The lowest BCUT2D eigenvalue weighted by molar-refractivity contribution is 0.0179. The number of rotatable bonds is 14. The number of hydrogen-bond donors (Lipinski definition) is 0. The Morgan fingerprint density at radius 1 is 0.784 bits per heavy atom. The van der Waals surface area contributed by atoms with Crippen LogP contribution in [0.15, 0.2) is 66.7 Å². The van der Waals surface area contributed by atoms with E-state index in [9.17, 15) is 9.59 Å². The van der Waals surface area contributed by atoms with Gasteiger partial charge in [-0.15, -0.1) is 0 Å². The van der Waals surface area contributed by atoms with E-state index in [0.29, 0.717) is 26.4 Å². The van der Waals surface area contributed by atoms with E-state index in [1.54, 1.807) is 7.11 Å². The second kappa shape index (κ2) is 13.4. The summed E-state index contributed by atoms with van der Waals surface area (Å²) in [6.45, 7) is 2.50. The molecule has 3 aromatic carbocycles. The summed E-state index contributed by atoms with van der Waals surface area (Å²) in [6.07, 6.45) is 0. The number of fused-ring (bicyclic) bond motifs is 3. The van der Waals surface area contributed by atoms with Gasteiger partial charge in [0.15, 0.2) is 0 Å². The van der Waals surface area contributed by atoms with E-state index in [0.717, 1.165) is 22.3 Å². The van der Waals surface area contributed by atoms with Crippen LogP contribution in [0, 0.1) is 0 Å². The third kappa shape index (κ3) is 6.76. The molecule has 0 aliphatic heterocycles. The lowest BCUT2D eigenvalue weighted by Crippen LogP contribution is -2.14. The number of ether oxygens (including phenoxy) is 5. The van der Waals surface area contributed by atoms with Gasteiger partial charge < -0.3 is 23.7 Å². The Bertz CT molecular complexity index is 1180. The predicted octanol–water partition coefficient (Wildman–Crippen LogP) is 5.09. The van der Waals surface area contributed by atoms with Crippen LogP contribution in [0.3, 0.4) is 0 Å². The fraction of sp³-hybridized carbons (Fsp3) is 0.310. The highest BCUT2D eigenvalue weighted by molar-refractivity contribution is 6.68. The van der Waals surface area contributed by atoms with E-state index in [-0.39, 0.29) is 42.6 Å². The third-order valence-corrected chi connectivity index (χ3v) is 6.27. The maximum Gasteiger partial charge on any atom is 0.338 e. The number of methoxy groups -OCH3 is 1. The summed E-state index contributed by atoms with van der Waals surface area (Å²) in [4.78, 5) is 24.8. The normalized spacial score (nSPS) is 12.2. The van der Waals surface area contributed by atoms with Gasteiger partial charge in [-0.3, -0.25) is 4.79 Å². The van der Waals surface area contributed by atoms with Crippen LogP contribution in [-0.4, -0.2) is 64.6 Å². The first-order valence-electron chi connectivity index (χ1n) is 12.1. The summed E-state index contributed by atoms with van der Waals surface area (Å²) in [7, 11) is 1.61. The predicted molar refractivity (Wildman–Crippen MR) is 140 cm³/mol. The molecule has 1 aliphatic rings. The molecule has 0 bridgehead atoms. The summed E-state index contributed by atoms with van der Waals surface area (Å²) in [6, 6.07) is 20.7. The largest absolute Gasteiger partial charge is 0.490 e. The number of carbonyl (C=O) groups excluding carboxylic acids is 2. The second-order valence-corrected chi connectivity index (χ2v) is 8.72. The molecule has 0 spiro atoms. The topological polar surface area (TPSA) is 80.3 Å². The van der Waals surface area contributed by atoms with E-state index >= 15 is 0 Å². The van der Waals surface area contributed by atoms with E-state index in [1.807, 2.05) is 24.3 Å². The summed E-state index contributed by atoms with van der Waals surface area (Å²) in [5, 5.41) is -0.679. The molecule has 0 fully saturated rings. The van der Waals surface area contributed by atoms with Gasteiger partial charge in [-0.1, -0.05) is 48.5 Å². The highest BCUT2D eigenvalue weighted by Crippen LogP contribution is 2.44. The van der Waals surface area contributed by atoms with Crippen molar-refractivity contribution in [2.75, 3.05) is 53.4 Å². The third-order valence-electron chi connectivity index (χ3n) is 6.06. The van der Waals surface area contributed by atoms with Gasteiger partial charge in [0.05, 0.1) is 44.2 Å². The van der Waals surface area contributed by atoms with Gasteiger partial charge in [-0.2, -0.15) is 0 Å². The van der Waals surface area contributed by atoms with Crippen LogP contribution in [0.1, 0.15) is 37.8 Å². The number of benzene rings is 3. The van der Waals surface area contributed by atoms with Crippen LogP contribution >= 0.6 is 11.6 Å². The Balaban J connectivity index is 1.35. The van der Waals surface area contributed by atoms with Gasteiger partial charge in [0.2, 0.25) is 0 Å². The summed E-state index contributed by atoms with van der Waals surface area (Å²) in [5.74, 6) is -0.359. The molecular weight excluding hydrogens is 496 g/mol. The van der Waals surface area contributed by atoms with Crippen molar-refractivity contribution in [3.05, 3.63) is 89.0 Å². The van der Waals surface area contributed by atoms with Crippen LogP contribution in [0.2, 0.25) is 0 Å². The summed E-state index contributed by atoms with van der Waals surface area (Å²) >= 11 is 5.71. The molecule has 37 heavy (non-hydrogen) atoms. The van der Waals surface area contributed by atoms with Gasteiger partial charge >= 0.3 is 5.97 Å². The smallest absolute Gasteiger partial charge is 0.338 e. The maximum absolute atomic E-state index is 12.9. The SMILES string of the molecule is COCCOCCOCCOc1cc(C(=O)OCC2c3ccccc3-c3ccccc32)ccc1C(=O)Cl. The minimum atomic E-state index is -0.679. The quantitative estimate of drug-likeness (QED) is 0.165. The van der Waals surface area contributed by atoms with Crippen LogP contribution in [0.25, 0.3) is 11.1 Å². The molecule has 3 aromatic rings. The van der Waals surface area contributed by atoms with Crippen LogP contribution in [0.4, 0.5) is 0 Å². The van der Waals surface area contributed by atoms with Gasteiger partial charge in [-0.05, 0) is 52.1 Å². The van der Waals surface area contributed by atoms with Crippen molar-refractivity contribution in [2.45, 2.75) is 5.92 Å². The van der Waals surface area contributed by atoms with Crippen molar-refractivity contribution in [1.82, 2.24) is 0 Å². The van der Waals surface area contributed by atoms with Gasteiger partial charge in [0.1, 0.15) is 19.0 Å².